The minimum Gasteiger partial charge on any atom is -0.459 e. The fourth-order valence-electron chi connectivity index (χ4n) is 1.94. The van der Waals surface area contributed by atoms with Crippen LogP contribution in [0.1, 0.15) is 32.9 Å². The molecule has 7 nitrogen and oxygen atoms in total. The van der Waals surface area contributed by atoms with Crippen molar-refractivity contribution < 1.29 is 14.0 Å². The van der Waals surface area contributed by atoms with E-state index in [0.29, 0.717) is 36.5 Å². The van der Waals surface area contributed by atoms with Crippen LogP contribution in [0, 0.1) is 6.92 Å². The number of anilines is 1. The van der Waals surface area contributed by atoms with Crippen LogP contribution in [0.15, 0.2) is 35.2 Å². The number of hydrogen-bond acceptors (Lipinski definition) is 5. The Hall–Kier alpha value is -2.83. The van der Waals surface area contributed by atoms with E-state index in [-0.39, 0.29) is 5.91 Å². The van der Waals surface area contributed by atoms with Gasteiger partial charge in [0.1, 0.15) is 0 Å². The van der Waals surface area contributed by atoms with Gasteiger partial charge in [-0.2, -0.15) is 0 Å². The van der Waals surface area contributed by atoms with Crippen LogP contribution >= 0.6 is 0 Å². The largest absolute Gasteiger partial charge is 0.459 e. The molecule has 2 heterocycles. The third-order valence-electron chi connectivity index (χ3n) is 3.11. The van der Waals surface area contributed by atoms with Gasteiger partial charge in [0.2, 0.25) is 0 Å². The number of aryl methyl sites for hydroxylation is 1. The highest BCUT2D eigenvalue weighted by Crippen LogP contribution is 2.12. The van der Waals surface area contributed by atoms with E-state index in [1.165, 1.54) is 12.5 Å². The zero-order valence-electron chi connectivity index (χ0n) is 12.3. The molecule has 4 N–H and O–H groups in total. The van der Waals surface area contributed by atoms with E-state index in [0.717, 1.165) is 5.56 Å². The molecule has 2 rings (SSSR count). The Bertz CT molecular complexity index is 666. The Morgan fingerprint density at radius 1 is 1.32 bits per heavy atom. The van der Waals surface area contributed by atoms with Gasteiger partial charge in [-0.25, -0.2) is 0 Å². The summed E-state index contributed by atoms with van der Waals surface area (Å²) in [7, 11) is 0. The maximum Gasteiger partial charge on any atom is 0.287 e. The standard InChI is InChI=1S/C15H18N4O3/c1-10-4-8-22-13(10)15(21)19-6-2-5-18-12-3-7-17-9-11(12)14(16)20/h3-4,7-9H,2,5-6H2,1H3,(H2,16,20)(H,17,18)(H,19,21). The Morgan fingerprint density at radius 3 is 2.82 bits per heavy atom. The van der Waals surface area contributed by atoms with Crippen molar-refractivity contribution in [3.8, 4) is 0 Å². The van der Waals surface area contributed by atoms with Gasteiger partial charge in [0, 0.05) is 31.0 Å². The molecule has 0 saturated heterocycles. The fraction of sp³-hybridized carbons (Fsp3) is 0.267. The van der Waals surface area contributed by atoms with Gasteiger partial charge in [-0.1, -0.05) is 0 Å². The van der Waals surface area contributed by atoms with Gasteiger partial charge in [0.15, 0.2) is 5.76 Å². The van der Waals surface area contributed by atoms with E-state index >= 15 is 0 Å². The second kappa shape index (κ2) is 7.26. The van der Waals surface area contributed by atoms with E-state index < -0.39 is 5.91 Å². The predicted octanol–water partition coefficient (Wildman–Crippen LogP) is 1.31. The normalized spacial score (nSPS) is 10.2. The molecule has 0 aliphatic carbocycles. The molecule has 0 aliphatic rings. The highest BCUT2D eigenvalue weighted by Gasteiger charge is 2.11. The van der Waals surface area contributed by atoms with Gasteiger partial charge in [0.25, 0.3) is 11.8 Å². The maximum atomic E-state index is 11.8. The number of nitrogens with one attached hydrogen (secondary N) is 2. The molecule has 0 spiro atoms. The van der Waals surface area contributed by atoms with Gasteiger partial charge in [0.05, 0.1) is 17.5 Å². The Balaban J connectivity index is 1.75. The molecule has 2 aromatic rings. The van der Waals surface area contributed by atoms with Crippen molar-refractivity contribution in [3.63, 3.8) is 0 Å². The number of aromatic nitrogens is 1. The van der Waals surface area contributed by atoms with Crippen LogP contribution in [-0.4, -0.2) is 29.9 Å². The summed E-state index contributed by atoms with van der Waals surface area (Å²) in [5.74, 6) is -0.431. The van der Waals surface area contributed by atoms with Crippen molar-refractivity contribution in [2.75, 3.05) is 18.4 Å². The Kier molecular flexibility index (Phi) is 5.13. The number of carbonyl (C=O) groups excluding carboxylic acids is 2. The van der Waals surface area contributed by atoms with E-state index in [2.05, 4.69) is 15.6 Å². The number of nitrogens with zero attached hydrogens (tertiary/aromatic N) is 1. The molecule has 0 atom stereocenters. The number of pyridine rings is 1. The summed E-state index contributed by atoms with van der Waals surface area (Å²) >= 11 is 0. The topological polar surface area (TPSA) is 110 Å². The number of carbonyl (C=O) groups is 2. The quantitative estimate of drug-likeness (QED) is 0.668. The molecule has 22 heavy (non-hydrogen) atoms. The molecule has 7 heteroatoms. The lowest BCUT2D eigenvalue weighted by Crippen LogP contribution is -2.26. The molecule has 0 saturated carbocycles. The Labute approximate surface area is 127 Å². The maximum absolute atomic E-state index is 11.8. The highest BCUT2D eigenvalue weighted by molar-refractivity contribution is 5.98. The summed E-state index contributed by atoms with van der Waals surface area (Å²) in [4.78, 5) is 26.9. The molecule has 116 valence electrons. The third-order valence-corrected chi connectivity index (χ3v) is 3.11. The SMILES string of the molecule is Cc1ccoc1C(=O)NCCCNc1ccncc1C(N)=O. The number of rotatable bonds is 7. The number of furan rings is 1. The average Bonchev–Trinajstić information content (AvgIpc) is 2.93. The molecule has 0 aromatic carbocycles. The molecule has 0 radical (unpaired) electrons. The number of nitrogens with two attached hydrogens (primary N) is 1. The lowest BCUT2D eigenvalue weighted by molar-refractivity contribution is 0.0924. The molecule has 0 fully saturated rings. The van der Waals surface area contributed by atoms with Gasteiger partial charge in [-0.05, 0) is 25.5 Å². The van der Waals surface area contributed by atoms with Crippen LogP contribution in [0.4, 0.5) is 5.69 Å². The monoisotopic (exact) mass is 302 g/mol. The average molecular weight is 302 g/mol. The number of hydrogen-bond donors (Lipinski definition) is 3. The van der Waals surface area contributed by atoms with Gasteiger partial charge in [-0.15, -0.1) is 0 Å². The van der Waals surface area contributed by atoms with E-state index in [1.54, 1.807) is 18.3 Å². The van der Waals surface area contributed by atoms with E-state index in [4.69, 9.17) is 10.2 Å². The van der Waals surface area contributed by atoms with Crippen molar-refractivity contribution >= 4 is 17.5 Å². The summed E-state index contributed by atoms with van der Waals surface area (Å²) in [5.41, 5.74) is 7.05. The zero-order valence-corrected chi connectivity index (χ0v) is 12.3. The van der Waals surface area contributed by atoms with Crippen LogP contribution in [-0.2, 0) is 0 Å². The summed E-state index contributed by atoms with van der Waals surface area (Å²) < 4.78 is 5.11. The lowest BCUT2D eigenvalue weighted by Gasteiger charge is -2.09. The van der Waals surface area contributed by atoms with Crippen LogP contribution in [0.5, 0.6) is 0 Å². The van der Waals surface area contributed by atoms with Crippen LogP contribution < -0.4 is 16.4 Å². The van der Waals surface area contributed by atoms with Gasteiger partial charge >= 0.3 is 0 Å². The summed E-state index contributed by atoms with van der Waals surface area (Å²) in [6.07, 6.45) is 5.18. The fourth-order valence-corrected chi connectivity index (χ4v) is 1.94. The first-order valence-corrected chi connectivity index (χ1v) is 6.89. The lowest BCUT2D eigenvalue weighted by atomic mass is 10.2. The third kappa shape index (κ3) is 3.85. The second-order valence-electron chi connectivity index (χ2n) is 4.75. The van der Waals surface area contributed by atoms with Crippen LogP contribution in [0.2, 0.25) is 0 Å². The first-order chi connectivity index (χ1) is 10.6. The van der Waals surface area contributed by atoms with Crippen molar-refractivity contribution in [2.24, 2.45) is 5.73 Å². The minimum absolute atomic E-state index is 0.232. The van der Waals surface area contributed by atoms with Crippen molar-refractivity contribution in [2.45, 2.75) is 13.3 Å². The number of amides is 2. The molecule has 2 aromatic heterocycles. The highest BCUT2D eigenvalue weighted by atomic mass is 16.3. The summed E-state index contributed by atoms with van der Waals surface area (Å²) in [6.45, 7) is 2.89. The molecule has 0 bridgehead atoms. The van der Waals surface area contributed by atoms with Crippen molar-refractivity contribution in [1.29, 1.82) is 0 Å². The first-order valence-electron chi connectivity index (χ1n) is 6.89. The molecule has 0 aliphatic heterocycles. The van der Waals surface area contributed by atoms with E-state index in [1.807, 2.05) is 6.92 Å². The van der Waals surface area contributed by atoms with E-state index in [9.17, 15) is 9.59 Å². The second-order valence-corrected chi connectivity index (χ2v) is 4.75. The van der Waals surface area contributed by atoms with Crippen LogP contribution in [0.25, 0.3) is 0 Å². The molecular weight excluding hydrogens is 284 g/mol. The predicted molar refractivity (Wildman–Crippen MR) is 81.6 cm³/mol. The smallest absolute Gasteiger partial charge is 0.287 e. The van der Waals surface area contributed by atoms with Crippen molar-refractivity contribution in [1.82, 2.24) is 10.3 Å². The molecule has 2 amide bonds. The van der Waals surface area contributed by atoms with Gasteiger partial charge < -0.3 is 20.8 Å². The van der Waals surface area contributed by atoms with Crippen LogP contribution in [0.3, 0.4) is 0 Å². The zero-order chi connectivity index (χ0) is 15.9. The Morgan fingerprint density at radius 2 is 2.14 bits per heavy atom. The number of primary amides is 1. The first kappa shape index (κ1) is 15.6. The molecular formula is C15H18N4O3. The van der Waals surface area contributed by atoms with Gasteiger partial charge in [-0.3, -0.25) is 14.6 Å². The summed E-state index contributed by atoms with van der Waals surface area (Å²) in [6, 6.07) is 3.43. The summed E-state index contributed by atoms with van der Waals surface area (Å²) in [5, 5.41) is 5.87. The van der Waals surface area contributed by atoms with Crippen molar-refractivity contribution in [3.05, 3.63) is 47.7 Å². The minimum atomic E-state index is -0.530. The molecule has 0 unspecified atom stereocenters.